The number of carbonyl (C=O) groups is 1. The van der Waals surface area contributed by atoms with Crippen LogP contribution in [0.3, 0.4) is 0 Å². The van der Waals surface area contributed by atoms with Crippen LogP contribution in [-0.2, 0) is 6.42 Å². The molecule has 0 aliphatic rings. The predicted octanol–water partition coefficient (Wildman–Crippen LogP) is 4.37. The third kappa shape index (κ3) is 4.30. The van der Waals surface area contributed by atoms with Crippen LogP contribution in [0, 0.1) is 5.82 Å². The first-order chi connectivity index (χ1) is 14.6. The minimum absolute atomic E-state index is 0.215. The third-order valence-electron chi connectivity index (χ3n) is 4.80. The zero-order valence-electron chi connectivity index (χ0n) is 16.5. The Balaban J connectivity index is 1.33. The van der Waals surface area contributed by atoms with E-state index in [9.17, 15) is 9.18 Å². The number of nitrogens with zero attached hydrogens (tertiary/aromatic N) is 4. The smallest absolute Gasteiger partial charge is 0.274 e. The van der Waals surface area contributed by atoms with E-state index in [1.807, 2.05) is 36.4 Å². The molecule has 6 nitrogen and oxygen atoms in total. The van der Waals surface area contributed by atoms with Crippen LogP contribution in [-0.4, -0.2) is 39.3 Å². The summed E-state index contributed by atoms with van der Waals surface area (Å²) in [6.45, 7) is 0.534. The summed E-state index contributed by atoms with van der Waals surface area (Å²) >= 11 is 0. The predicted molar refractivity (Wildman–Crippen MR) is 111 cm³/mol. The van der Waals surface area contributed by atoms with Crippen molar-refractivity contribution in [1.29, 1.82) is 0 Å². The maximum absolute atomic E-state index is 13.9. The van der Waals surface area contributed by atoms with Gasteiger partial charge in [-0.1, -0.05) is 47.6 Å². The number of carbonyl (C=O) groups excluding carboxylic acids is 1. The molecule has 152 valence electrons. The molecule has 0 aliphatic carbocycles. The van der Waals surface area contributed by atoms with Gasteiger partial charge in [0.25, 0.3) is 5.91 Å². The number of aryl methyl sites for hydroxylation is 1. The van der Waals surface area contributed by atoms with Crippen molar-refractivity contribution in [1.82, 2.24) is 19.8 Å². The van der Waals surface area contributed by atoms with Crippen molar-refractivity contribution in [2.75, 3.05) is 13.6 Å². The summed E-state index contributed by atoms with van der Waals surface area (Å²) in [7, 11) is 1.72. The maximum atomic E-state index is 13.9. The molecular weight excluding hydrogens is 383 g/mol. The van der Waals surface area contributed by atoms with E-state index < -0.39 is 5.82 Å². The quantitative estimate of drug-likeness (QED) is 0.459. The van der Waals surface area contributed by atoms with Gasteiger partial charge in [-0.15, -0.1) is 0 Å². The molecule has 0 unspecified atom stereocenters. The van der Waals surface area contributed by atoms with Crippen LogP contribution in [0.4, 0.5) is 4.39 Å². The molecule has 2 aromatic carbocycles. The highest BCUT2D eigenvalue weighted by Gasteiger charge is 2.16. The molecule has 4 rings (SSSR count). The van der Waals surface area contributed by atoms with E-state index in [0.717, 1.165) is 23.4 Å². The van der Waals surface area contributed by atoms with Crippen molar-refractivity contribution in [2.24, 2.45) is 0 Å². The van der Waals surface area contributed by atoms with Gasteiger partial charge in [-0.05, 0) is 24.6 Å². The normalized spacial score (nSPS) is 10.9. The number of halogens is 1. The maximum Gasteiger partial charge on any atom is 0.274 e. The standard InChI is InChI=1S/C23H21FN4O2/c1-27(14-7-10-18-16-21(26-30-18)17-8-3-2-4-9-17)23(29)20-13-15-28(25-20)22-12-6-5-11-19(22)24/h2-6,8-9,11-13,15-16H,7,10,14H2,1H3. The van der Waals surface area contributed by atoms with E-state index in [0.29, 0.717) is 18.7 Å². The Morgan fingerprint density at radius 2 is 1.87 bits per heavy atom. The van der Waals surface area contributed by atoms with Gasteiger partial charge in [-0.3, -0.25) is 4.79 Å². The fraction of sp³-hybridized carbons (Fsp3) is 0.174. The van der Waals surface area contributed by atoms with Gasteiger partial charge in [0.2, 0.25) is 0 Å². The molecule has 2 heterocycles. The first-order valence-corrected chi connectivity index (χ1v) is 9.69. The average Bonchev–Trinajstić information content (AvgIpc) is 3.44. The number of para-hydroxylation sites is 1. The zero-order chi connectivity index (χ0) is 20.9. The molecule has 0 fully saturated rings. The van der Waals surface area contributed by atoms with Gasteiger partial charge in [0.1, 0.15) is 23.0 Å². The molecule has 0 atom stereocenters. The van der Waals surface area contributed by atoms with Gasteiger partial charge in [-0.2, -0.15) is 5.10 Å². The summed E-state index contributed by atoms with van der Waals surface area (Å²) in [5.41, 5.74) is 2.38. The molecule has 7 heteroatoms. The first-order valence-electron chi connectivity index (χ1n) is 9.69. The number of amides is 1. The number of hydrogen-bond donors (Lipinski definition) is 0. The van der Waals surface area contributed by atoms with E-state index in [1.165, 1.54) is 10.7 Å². The van der Waals surface area contributed by atoms with Crippen molar-refractivity contribution in [3.63, 3.8) is 0 Å². The topological polar surface area (TPSA) is 64.2 Å². The lowest BCUT2D eigenvalue weighted by Crippen LogP contribution is -2.28. The lowest BCUT2D eigenvalue weighted by atomic mass is 10.1. The number of hydrogen-bond acceptors (Lipinski definition) is 4. The van der Waals surface area contributed by atoms with E-state index in [4.69, 9.17) is 4.52 Å². The van der Waals surface area contributed by atoms with E-state index in [2.05, 4.69) is 10.3 Å². The van der Waals surface area contributed by atoms with Gasteiger partial charge >= 0.3 is 0 Å². The molecule has 0 saturated carbocycles. The molecule has 0 N–H and O–H groups in total. The van der Waals surface area contributed by atoms with Crippen LogP contribution in [0.2, 0.25) is 0 Å². The minimum atomic E-state index is -0.394. The monoisotopic (exact) mass is 404 g/mol. The molecule has 0 saturated heterocycles. The summed E-state index contributed by atoms with van der Waals surface area (Å²) in [6.07, 6.45) is 2.97. The summed E-state index contributed by atoms with van der Waals surface area (Å²) in [5, 5.41) is 8.33. The van der Waals surface area contributed by atoms with E-state index in [1.54, 1.807) is 42.4 Å². The molecule has 4 aromatic rings. The van der Waals surface area contributed by atoms with Crippen LogP contribution < -0.4 is 0 Å². The van der Waals surface area contributed by atoms with Crippen LogP contribution in [0.15, 0.2) is 77.4 Å². The second-order valence-corrected chi connectivity index (χ2v) is 6.97. The van der Waals surface area contributed by atoms with Crippen LogP contribution in [0.5, 0.6) is 0 Å². The Bertz CT molecular complexity index is 1140. The second kappa shape index (κ2) is 8.73. The largest absolute Gasteiger partial charge is 0.361 e. The molecule has 2 aromatic heterocycles. The second-order valence-electron chi connectivity index (χ2n) is 6.97. The number of benzene rings is 2. The highest BCUT2D eigenvalue weighted by molar-refractivity contribution is 5.92. The fourth-order valence-corrected chi connectivity index (χ4v) is 3.17. The molecule has 30 heavy (non-hydrogen) atoms. The zero-order valence-corrected chi connectivity index (χ0v) is 16.5. The van der Waals surface area contributed by atoms with Crippen molar-refractivity contribution >= 4 is 5.91 Å². The molecule has 0 aliphatic heterocycles. The minimum Gasteiger partial charge on any atom is -0.361 e. The summed E-state index contributed by atoms with van der Waals surface area (Å²) in [5.74, 6) is 0.168. The highest BCUT2D eigenvalue weighted by atomic mass is 19.1. The highest BCUT2D eigenvalue weighted by Crippen LogP contribution is 2.19. The van der Waals surface area contributed by atoms with Crippen molar-refractivity contribution in [3.05, 3.63) is 90.2 Å². The summed E-state index contributed by atoms with van der Waals surface area (Å²) in [4.78, 5) is 14.2. The Kier molecular flexibility index (Phi) is 5.70. The molecule has 0 bridgehead atoms. The van der Waals surface area contributed by atoms with E-state index >= 15 is 0 Å². The molecule has 0 spiro atoms. The molecule has 1 amide bonds. The first kappa shape index (κ1) is 19.6. The van der Waals surface area contributed by atoms with Crippen molar-refractivity contribution in [2.45, 2.75) is 12.8 Å². The SMILES string of the molecule is CN(CCCc1cc(-c2ccccc2)no1)C(=O)c1ccn(-c2ccccc2F)n1. The Hall–Kier alpha value is -3.74. The van der Waals surface area contributed by atoms with Crippen molar-refractivity contribution in [3.8, 4) is 16.9 Å². The fourth-order valence-electron chi connectivity index (χ4n) is 3.17. The molecule has 0 radical (unpaired) electrons. The summed E-state index contributed by atoms with van der Waals surface area (Å²) in [6, 6.07) is 19.6. The average molecular weight is 404 g/mol. The summed E-state index contributed by atoms with van der Waals surface area (Å²) < 4.78 is 20.7. The van der Waals surface area contributed by atoms with Crippen molar-refractivity contribution < 1.29 is 13.7 Å². The Labute approximate surface area is 173 Å². The third-order valence-corrected chi connectivity index (χ3v) is 4.80. The lowest BCUT2D eigenvalue weighted by Gasteiger charge is -2.15. The van der Waals surface area contributed by atoms with Gasteiger partial charge in [0.15, 0.2) is 5.69 Å². The Morgan fingerprint density at radius 1 is 1.10 bits per heavy atom. The lowest BCUT2D eigenvalue weighted by molar-refractivity contribution is 0.0786. The van der Waals surface area contributed by atoms with Gasteiger partial charge in [-0.25, -0.2) is 9.07 Å². The van der Waals surface area contributed by atoms with Crippen LogP contribution >= 0.6 is 0 Å². The molecular formula is C23H21FN4O2. The van der Waals surface area contributed by atoms with Gasteiger partial charge in [0.05, 0.1) is 0 Å². The van der Waals surface area contributed by atoms with Crippen LogP contribution in [0.1, 0.15) is 22.7 Å². The number of aromatic nitrogens is 3. The van der Waals surface area contributed by atoms with Gasteiger partial charge in [0, 0.05) is 37.8 Å². The van der Waals surface area contributed by atoms with Gasteiger partial charge < -0.3 is 9.42 Å². The van der Waals surface area contributed by atoms with E-state index in [-0.39, 0.29) is 11.6 Å². The number of rotatable bonds is 7. The van der Waals surface area contributed by atoms with Crippen LogP contribution in [0.25, 0.3) is 16.9 Å². The Morgan fingerprint density at radius 3 is 2.67 bits per heavy atom.